The molecule has 3 radical (unpaired) electrons. The molecule has 0 aliphatic heterocycles. The maximum Gasteiger partial charge on any atom is 0 e. The molecule has 0 heterocycles. The first-order chi connectivity index (χ1) is 0. The Labute approximate surface area is 101 Å². The van der Waals surface area contributed by atoms with Gasteiger partial charge < -0.3 is 0 Å². The van der Waals surface area contributed by atoms with Crippen LogP contribution in [0.5, 0.6) is 0 Å². The van der Waals surface area contributed by atoms with Crippen LogP contribution in [0.15, 0.2) is 0 Å². The van der Waals surface area contributed by atoms with Gasteiger partial charge in [-0.25, -0.2) is 0 Å². The zero-order valence-corrected chi connectivity index (χ0v) is 14.1. The molecule has 0 saturated heterocycles. The van der Waals surface area contributed by atoms with E-state index in [1.54, 1.807) is 0 Å². The van der Waals surface area contributed by atoms with E-state index in [0.717, 1.165) is 0 Å². The molecule has 0 nitrogen and oxygen atoms in total. The standard InChI is InChI=1S/2Mo.3Re. The Hall–Kier alpha value is 3.36. The van der Waals surface area contributed by atoms with Crippen LogP contribution in [-0.4, -0.2) is 0 Å². The van der Waals surface area contributed by atoms with Gasteiger partial charge >= 0.3 is 0 Å². The summed E-state index contributed by atoms with van der Waals surface area (Å²) in [7, 11) is 0. The Balaban J connectivity index is 0. The van der Waals surface area contributed by atoms with Crippen molar-refractivity contribution < 1.29 is 103 Å². The van der Waals surface area contributed by atoms with Crippen molar-refractivity contribution in [1.82, 2.24) is 0 Å². The second kappa shape index (κ2) is 26.4. The third kappa shape index (κ3) is 18.7. The topological polar surface area (TPSA) is 0 Å². The SMILES string of the molecule is [Mo].[Mo].[Re].[Re].[Re]. The van der Waals surface area contributed by atoms with E-state index in [1.807, 2.05) is 0 Å². The molecule has 0 aromatic rings. The molecule has 5 heavy (non-hydrogen) atoms. The van der Waals surface area contributed by atoms with Crippen LogP contribution < -0.4 is 0 Å². The van der Waals surface area contributed by atoms with Crippen LogP contribution in [0, 0.1) is 0 Å². The van der Waals surface area contributed by atoms with Gasteiger partial charge in [0.05, 0.1) is 0 Å². The van der Waals surface area contributed by atoms with Crippen molar-refractivity contribution in [2.45, 2.75) is 0 Å². The van der Waals surface area contributed by atoms with E-state index in [4.69, 9.17) is 0 Å². The summed E-state index contributed by atoms with van der Waals surface area (Å²) in [5, 5.41) is 0. The summed E-state index contributed by atoms with van der Waals surface area (Å²) in [6, 6.07) is 0. The van der Waals surface area contributed by atoms with Gasteiger partial charge in [0, 0.05) is 103 Å². The molecule has 0 rings (SSSR count). The molecule has 0 aromatic heterocycles. The smallest absolute Gasteiger partial charge is 0 e. The normalized spacial score (nSPS) is 0. The Morgan fingerprint density at radius 1 is 0.400 bits per heavy atom. The molecule has 0 aliphatic carbocycles. The van der Waals surface area contributed by atoms with Crippen LogP contribution in [0.3, 0.4) is 0 Å². The van der Waals surface area contributed by atoms with Gasteiger partial charge in [-0.3, -0.25) is 0 Å². The molecule has 0 aromatic carbocycles. The van der Waals surface area contributed by atoms with Crippen LogP contribution in [0.4, 0.5) is 0 Å². The Morgan fingerprint density at radius 3 is 0.400 bits per heavy atom. The second-order valence-corrected chi connectivity index (χ2v) is 0. The van der Waals surface area contributed by atoms with Gasteiger partial charge in [-0.05, 0) is 0 Å². The molecule has 0 N–H and O–H groups in total. The molecule has 0 unspecified atom stereocenters. The molecule has 0 spiro atoms. The number of rotatable bonds is 0. The maximum absolute atomic E-state index is 0. The first-order valence-corrected chi connectivity index (χ1v) is 0. The fourth-order valence-corrected chi connectivity index (χ4v) is 0. The van der Waals surface area contributed by atoms with Gasteiger partial charge in [0.2, 0.25) is 0 Å². The minimum atomic E-state index is 0. The average molecular weight is 751 g/mol. The Morgan fingerprint density at radius 2 is 0.400 bits per heavy atom. The van der Waals surface area contributed by atoms with Crippen molar-refractivity contribution >= 4 is 0 Å². The molecule has 0 atom stereocenters. The quantitative estimate of drug-likeness (QED) is 0.306. The minimum Gasteiger partial charge on any atom is 0 e. The molecule has 33 valence electrons. The van der Waals surface area contributed by atoms with Crippen molar-refractivity contribution in [1.29, 1.82) is 0 Å². The Bertz CT molecular complexity index is 4.85. The molecule has 0 amide bonds. The minimum absolute atomic E-state index is 0. The van der Waals surface area contributed by atoms with Gasteiger partial charge in [-0.15, -0.1) is 0 Å². The zero-order chi connectivity index (χ0) is 0. The predicted octanol–water partition coefficient (Wildman–Crippen LogP) is -0.0125. The van der Waals surface area contributed by atoms with E-state index in [2.05, 4.69) is 0 Å². The first kappa shape index (κ1) is 40.1. The summed E-state index contributed by atoms with van der Waals surface area (Å²) >= 11 is 0. The fourth-order valence-electron chi connectivity index (χ4n) is 0. The third-order valence-electron chi connectivity index (χ3n) is 0. The third-order valence-corrected chi connectivity index (χ3v) is 0. The monoisotopic (exact) mass is 757 g/mol. The van der Waals surface area contributed by atoms with E-state index >= 15 is 0 Å². The average Bonchev–Trinajstić information content (AvgIpc) is 0. The van der Waals surface area contributed by atoms with Crippen LogP contribution >= 0.6 is 0 Å². The number of hydrogen-bond donors (Lipinski definition) is 0. The van der Waals surface area contributed by atoms with Crippen molar-refractivity contribution in [3.05, 3.63) is 0 Å². The van der Waals surface area contributed by atoms with Crippen LogP contribution in [0.1, 0.15) is 0 Å². The molecule has 5 heteroatoms. The summed E-state index contributed by atoms with van der Waals surface area (Å²) in [5.74, 6) is 0. The van der Waals surface area contributed by atoms with Crippen LogP contribution in [0.25, 0.3) is 0 Å². The maximum atomic E-state index is 0. The summed E-state index contributed by atoms with van der Waals surface area (Å²) in [5.41, 5.74) is 0. The van der Waals surface area contributed by atoms with Gasteiger partial charge in [0.15, 0.2) is 0 Å². The molecule has 0 bridgehead atoms. The Kier molecular flexibility index (Phi) is 211. The van der Waals surface area contributed by atoms with E-state index in [-0.39, 0.29) is 103 Å². The second-order valence-electron chi connectivity index (χ2n) is 0. The van der Waals surface area contributed by atoms with Gasteiger partial charge in [0.1, 0.15) is 0 Å². The van der Waals surface area contributed by atoms with Crippen LogP contribution in [-0.2, 0) is 103 Å². The predicted molar refractivity (Wildman–Crippen MR) is 0 cm³/mol. The largest absolute Gasteiger partial charge is 0 e. The zero-order valence-electron chi connectivity index (χ0n) is 1.95. The summed E-state index contributed by atoms with van der Waals surface area (Å²) in [6.07, 6.45) is 0. The molecule has 0 aliphatic rings. The van der Waals surface area contributed by atoms with Gasteiger partial charge in [-0.1, -0.05) is 0 Å². The van der Waals surface area contributed by atoms with Gasteiger partial charge in [-0.2, -0.15) is 0 Å². The first-order valence-electron chi connectivity index (χ1n) is 0. The van der Waals surface area contributed by atoms with Crippen molar-refractivity contribution in [2.24, 2.45) is 0 Å². The van der Waals surface area contributed by atoms with E-state index < -0.39 is 0 Å². The molecular weight excluding hydrogens is 751 g/mol. The van der Waals surface area contributed by atoms with Crippen LogP contribution in [0.2, 0.25) is 0 Å². The van der Waals surface area contributed by atoms with E-state index in [0.29, 0.717) is 0 Å². The summed E-state index contributed by atoms with van der Waals surface area (Å²) < 4.78 is 0. The molecule has 0 fully saturated rings. The summed E-state index contributed by atoms with van der Waals surface area (Å²) in [6.45, 7) is 0. The van der Waals surface area contributed by atoms with E-state index in [1.165, 1.54) is 0 Å². The fraction of sp³-hybridized carbons (Fsp3) is 0. The van der Waals surface area contributed by atoms with Crippen molar-refractivity contribution in [3.8, 4) is 0 Å². The number of hydrogen-bond acceptors (Lipinski definition) is 0. The summed E-state index contributed by atoms with van der Waals surface area (Å²) in [4.78, 5) is 0. The van der Waals surface area contributed by atoms with Crippen molar-refractivity contribution in [3.63, 3.8) is 0 Å². The van der Waals surface area contributed by atoms with Gasteiger partial charge in [0.25, 0.3) is 0 Å². The van der Waals surface area contributed by atoms with Crippen molar-refractivity contribution in [2.75, 3.05) is 0 Å². The molecule has 0 saturated carbocycles. The molecular formula is Mo2Re3. The van der Waals surface area contributed by atoms with E-state index in [9.17, 15) is 0 Å².